The van der Waals surface area contributed by atoms with E-state index in [1.165, 1.54) is 0 Å². The van der Waals surface area contributed by atoms with Crippen molar-refractivity contribution in [3.63, 3.8) is 0 Å². The number of nitrogens with zero attached hydrogens (tertiary/aromatic N) is 3. The fourth-order valence-electron chi connectivity index (χ4n) is 2.86. The molecule has 2 heterocycles. The Balaban J connectivity index is 1.97. The summed E-state index contributed by atoms with van der Waals surface area (Å²) in [4.78, 5) is 20.6. The van der Waals surface area contributed by atoms with Gasteiger partial charge in [-0.25, -0.2) is 4.79 Å². The predicted octanol–water partition coefficient (Wildman–Crippen LogP) is 3.45. The third-order valence-electron chi connectivity index (χ3n) is 4.51. The highest BCUT2D eigenvalue weighted by Gasteiger charge is 2.21. The monoisotopic (exact) mass is 313 g/mol. The maximum absolute atomic E-state index is 12.3. The smallest absolute Gasteiger partial charge is 0.408 e. The summed E-state index contributed by atoms with van der Waals surface area (Å²) in [6, 6.07) is 8.18. The van der Waals surface area contributed by atoms with E-state index < -0.39 is 0 Å². The van der Waals surface area contributed by atoms with Crippen LogP contribution in [0.2, 0.25) is 0 Å². The van der Waals surface area contributed by atoms with Crippen molar-refractivity contribution in [1.82, 2.24) is 14.8 Å². The van der Waals surface area contributed by atoms with Gasteiger partial charge in [-0.3, -0.25) is 4.98 Å². The van der Waals surface area contributed by atoms with Crippen molar-refractivity contribution in [2.24, 2.45) is 0 Å². The van der Waals surface area contributed by atoms with Gasteiger partial charge in [0.1, 0.15) is 5.52 Å². The first-order valence-corrected chi connectivity index (χ1v) is 8.08. The van der Waals surface area contributed by atoms with E-state index in [4.69, 9.17) is 4.74 Å². The number of benzene rings is 1. The lowest BCUT2D eigenvalue weighted by Crippen LogP contribution is -2.30. The quantitative estimate of drug-likeness (QED) is 0.870. The molecule has 0 bridgehead atoms. The Morgan fingerprint density at radius 3 is 2.74 bits per heavy atom. The van der Waals surface area contributed by atoms with Crippen LogP contribution in [0, 0.1) is 0 Å². The Labute approximate surface area is 136 Å². The summed E-state index contributed by atoms with van der Waals surface area (Å²) in [6.45, 7) is 3.68. The molecule has 1 atom stereocenters. The molecule has 1 unspecified atom stereocenters. The summed E-state index contributed by atoms with van der Waals surface area (Å²) in [5.41, 5.74) is 1.84. The molecule has 0 aliphatic carbocycles. The third kappa shape index (κ3) is 3.29. The van der Waals surface area contributed by atoms with E-state index >= 15 is 0 Å². The average molecular weight is 313 g/mol. The molecule has 0 radical (unpaired) electrons. The van der Waals surface area contributed by atoms with Gasteiger partial charge in [0.2, 0.25) is 0 Å². The molecule has 1 aliphatic heterocycles. The summed E-state index contributed by atoms with van der Waals surface area (Å²) in [5, 5.41) is 0.989. The second-order valence-corrected chi connectivity index (χ2v) is 6.30. The molecule has 5 nitrogen and oxygen atoms in total. The Kier molecular flexibility index (Phi) is 4.48. The van der Waals surface area contributed by atoms with Crippen molar-refractivity contribution < 1.29 is 9.53 Å². The summed E-state index contributed by atoms with van der Waals surface area (Å²) in [7, 11) is 4.07. The molecule has 0 spiro atoms. The minimum Gasteiger partial charge on any atom is -0.408 e. The van der Waals surface area contributed by atoms with Crippen molar-refractivity contribution in [2.45, 2.75) is 25.8 Å². The van der Waals surface area contributed by atoms with Crippen LogP contribution < -0.4 is 4.74 Å². The Morgan fingerprint density at radius 1 is 1.30 bits per heavy atom. The topological polar surface area (TPSA) is 45.7 Å². The normalized spacial score (nSPS) is 16.1. The van der Waals surface area contributed by atoms with Crippen LogP contribution in [0.25, 0.3) is 10.9 Å². The zero-order valence-corrected chi connectivity index (χ0v) is 14.0. The van der Waals surface area contributed by atoms with Gasteiger partial charge in [0.25, 0.3) is 0 Å². The molecule has 1 amide bonds. The van der Waals surface area contributed by atoms with E-state index in [1.807, 2.05) is 32.3 Å². The number of carbonyl (C=O) groups excluding carboxylic acids is 1. The van der Waals surface area contributed by atoms with E-state index in [-0.39, 0.29) is 12.1 Å². The summed E-state index contributed by atoms with van der Waals surface area (Å²) in [6.07, 6.45) is 3.55. The first-order chi connectivity index (χ1) is 11.1. The third-order valence-corrected chi connectivity index (χ3v) is 4.51. The second-order valence-electron chi connectivity index (χ2n) is 6.30. The number of amides is 1. The van der Waals surface area contributed by atoms with Gasteiger partial charge in [0.05, 0.1) is 0 Å². The molecular formula is C18H23N3O2. The molecule has 2 aromatic rings. The van der Waals surface area contributed by atoms with E-state index in [0.717, 1.165) is 42.4 Å². The zero-order chi connectivity index (χ0) is 16.4. The number of ether oxygens (including phenoxy) is 1. The minimum atomic E-state index is -0.274. The largest absolute Gasteiger partial charge is 0.415 e. The SMILES string of the molecule is CC(c1cc(OC(=O)N2CCCC2)c2ncccc2c1)N(C)C. The maximum atomic E-state index is 12.3. The van der Waals surface area contributed by atoms with Crippen LogP contribution in [-0.4, -0.2) is 48.1 Å². The number of aromatic nitrogens is 1. The zero-order valence-electron chi connectivity index (χ0n) is 14.0. The first-order valence-electron chi connectivity index (χ1n) is 8.08. The van der Waals surface area contributed by atoms with Crippen molar-refractivity contribution in [3.8, 4) is 5.75 Å². The highest BCUT2D eigenvalue weighted by atomic mass is 16.6. The molecule has 1 aromatic carbocycles. The number of hydrogen-bond acceptors (Lipinski definition) is 4. The van der Waals surface area contributed by atoms with Crippen LogP contribution in [-0.2, 0) is 0 Å². The van der Waals surface area contributed by atoms with Crippen LogP contribution >= 0.6 is 0 Å². The molecule has 3 rings (SSSR count). The van der Waals surface area contributed by atoms with Crippen molar-refractivity contribution in [2.75, 3.05) is 27.2 Å². The number of hydrogen-bond donors (Lipinski definition) is 0. The molecule has 5 heteroatoms. The van der Waals surface area contributed by atoms with E-state index in [0.29, 0.717) is 5.75 Å². The lowest BCUT2D eigenvalue weighted by atomic mass is 10.0. The van der Waals surface area contributed by atoms with Crippen molar-refractivity contribution >= 4 is 17.0 Å². The molecule has 1 fully saturated rings. The summed E-state index contributed by atoms with van der Waals surface area (Å²) in [5.74, 6) is 0.545. The number of pyridine rings is 1. The summed E-state index contributed by atoms with van der Waals surface area (Å²) >= 11 is 0. The number of likely N-dealkylation sites (tertiary alicyclic amines) is 1. The average Bonchev–Trinajstić information content (AvgIpc) is 3.08. The highest BCUT2D eigenvalue weighted by molar-refractivity contribution is 5.87. The van der Waals surface area contributed by atoms with Gasteiger partial charge in [-0.15, -0.1) is 0 Å². The molecule has 1 aliphatic rings. The Morgan fingerprint density at radius 2 is 2.04 bits per heavy atom. The standard InChI is InChI=1S/C18H23N3O2/c1-13(20(2)3)15-11-14-7-6-8-19-17(14)16(12-15)23-18(22)21-9-4-5-10-21/h6-8,11-13H,4-5,9-10H2,1-3H3. The van der Waals surface area contributed by atoms with E-state index in [9.17, 15) is 4.79 Å². The van der Waals surface area contributed by atoms with Gasteiger partial charge in [-0.05, 0) is 57.6 Å². The van der Waals surface area contributed by atoms with Gasteiger partial charge < -0.3 is 14.5 Å². The van der Waals surface area contributed by atoms with Gasteiger partial charge in [-0.2, -0.15) is 0 Å². The minimum absolute atomic E-state index is 0.226. The van der Waals surface area contributed by atoms with Crippen LogP contribution in [0.4, 0.5) is 4.79 Å². The van der Waals surface area contributed by atoms with Crippen molar-refractivity contribution in [1.29, 1.82) is 0 Å². The van der Waals surface area contributed by atoms with Gasteiger partial charge >= 0.3 is 6.09 Å². The van der Waals surface area contributed by atoms with Crippen LogP contribution in [0.1, 0.15) is 31.4 Å². The fraction of sp³-hybridized carbons (Fsp3) is 0.444. The van der Waals surface area contributed by atoms with Crippen LogP contribution in [0.5, 0.6) is 5.75 Å². The highest BCUT2D eigenvalue weighted by Crippen LogP contribution is 2.30. The maximum Gasteiger partial charge on any atom is 0.415 e. The molecule has 0 saturated carbocycles. The predicted molar refractivity (Wildman–Crippen MR) is 90.7 cm³/mol. The van der Waals surface area contributed by atoms with Gasteiger partial charge in [-0.1, -0.05) is 6.07 Å². The fourth-order valence-corrected chi connectivity index (χ4v) is 2.86. The van der Waals surface area contributed by atoms with Crippen molar-refractivity contribution in [3.05, 3.63) is 36.0 Å². The molecule has 23 heavy (non-hydrogen) atoms. The first kappa shape index (κ1) is 15.7. The van der Waals surface area contributed by atoms with Gasteiger partial charge in [0.15, 0.2) is 5.75 Å². The molecule has 1 aromatic heterocycles. The molecule has 0 N–H and O–H groups in total. The molecule has 122 valence electrons. The Hall–Kier alpha value is -2.14. The summed E-state index contributed by atoms with van der Waals surface area (Å²) < 4.78 is 5.69. The Bertz CT molecular complexity index is 708. The van der Waals surface area contributed by atoms with Crippen LogP contribution in [0.15, 0.2) is 30.5 Å². The number of carbonyl (C=O) groups is 1. The second kappa shape index (κ2) is 6.54. The van der Waals surface area contributed by atoms with Gasteiger partial charge in [0, 0.05) is 30.7 Å². The van der Waals surface area contributed by atoms with Crippen LogP contribution in [0.3, 0.4) is 0 Å². The number of rotatable bonds is 3. The van der Waals surface area contributed by atoms with E-state index in [2.05, 4.69) is 22.9 Å². The molecule has 1 saturated heterocycles. The number of fused-ring (bicyclic) bond motifs is 1. The lowest BCUT2D eigenvalue weighted by Gasteiger charge is -2.22. The molecular weight excluding hydrogens is 290 g/mol. The lowest BCUT2D eigenvalue weighted by molar-refractivity contribution is 0.163. The van der Waals surface area contributed by atoms with E-state index in [1.54, 1.807) is 11.1 Å².